The number of hydrogen-bond acceptors (Lipinski definition) is 4. The summed E-state index contributed by atoms with van der Waals surface area (Å²) in [5.41, 5.74) is 2.01. The van der Waals surface area contributed by atoms with E-state index in [0.29, 0.717) is 13.2 Å². The van der Waals surface area contributed by atoms with Gasteiger partial charge in [-0.05, 0) is 28.5 Å². The molecule has 0 saturated carbocycles. The van der Waals surface area contributed by atoms with Crippen molar-refractivity contribution in [2.24, 2.45) is 0 Å². The number of aromatic nitrogens is 2. The van der Waals surface area contributed by atoms with E-state index in [1.54, 1.807) is 22.1 Å². The maximum Gasteiger partial charge on any atom is 0.356 e. The van der Waals surface area contributed by atoms with E-state index in [1.807, 2.05) is 16.8 Å². The van der Waals surface area contributed by atoms with Crippen LogP contribution in [0.3, 0.4) is 0 Å². The van der Waals surface area contributed by atoms with Crippen LogP contribution in [0.1, 0.15) is 27.8 Å². The Labute approximate surface area is 101 Å². The molecular weight excluding hydrogens is 240 g/mol. The minimum Gasteiger partial charge on any atom is -0.476 e. The van der Waals surface area contributed by atoms with Crippen LogP contribution in [-0.2, 0) is 17.9 Å². The number of aromatic carboxylic acids is 1. The van der Waals surface area contributed by atoms with Crippen molar-refractivity contribution in [2.45, 2.75) is 19.3 Å². The average molecular weight is 250 g/mol. The molecule has 0 amide bonds. The largest absolute Gasteiger partial charge is 0.476 e. The molecule has 0 aliphatic carbocycles. The molecule has 1 aliphatic heterocycles. The van der Waals surface area contributed by atoms with Crippen molar-refractivity contribution in [1.82, 2.24) is 9.78 Å². The third-order valence-electron chi connectivity index (χ3n) is 2.77. The van der Waals surface area contributed by atoms with Crippen LogP contribution in [0.2, 0.25) is 0 Å². The number of ether oxygens (including phenoxy) is 1. The fraction of sp³-hybridized carbons (Fsp3) is 0.273. The quantitative estimate of drug-likeness (QED) is 0.884. The molecular formula is C11H10N2O3S. The summed E-state index contributed by atoms with van der Waals surface area (Å²) in [6.07, 6.45) is -0.0321. The number of carboxylic acid groups (broad SMARTS) is 1. The normalized spacial score (nSPS) is 18.9. The summed E-state index contributed by atoms with van der Waals surface area (Å²) >= 11 is 1.62. The third-order valence-corrected chi connectivity index (χ3v) is 3.47. The molecule has 1 atom stereocenters. The SMILES string of the molecule is O=C(O)c1cc2n(n1)CC(c1ccsc1)OC2. The van der Waals surface area contributed by atoms with E-state index in [4.69, 9.17) is 9.84 Å². The van der Waals surface area contributed by atoms with Gasteiger partial charge in [0.2, 0.25) is 0 Å². The zero-order valence-electron chi connectivity index (χ0n) is 8.87. The molecule has 0 fully saturated rings. The molecule has 0 bridgehead atoms. The second kappa shape index (κ2) is 3.97. The Morgan fingerprint density at radius 3 is 3.24 bits per heavy atom. The first-order valence-electron chi connectivity index (χ1n) is 5.18. The van der Waals surface area contributed by atoms with Gasteiger partial charge in [0, 0.05) is 0 Å². The fourth-order valence-corrected chi connectivity index (χ4v) is 2.59. The van der Waals surface area contributed by atoms with Crippen LogP contribution in [0, 0.1) is 0 Å². The van der Waals surface area contributed by atoms with Gasteiger partial charge in [0.1, 0.15) is 6.10 Å². The molecule has 6 heteroatoms. The van der Waals surface area contributed by atoms with E-state index < -0.39 is 5.97 Å². The molecule has 17 heavy (non-hydrogen) atoms. The van der Waals surface area contributed by atoms with Crippen LogP contribution in [0.4, 0.5) is 0 Å². The van der Waals surface area contributed by atoms with Crippen molar-refractivity contribution in [3.05, 3.63) is 39.8 Å². The highest BCUT2D eigenvalue weighted by Crippen LogP contribution is 2.27. The average Bonchev–Trinajstić information content (AvgIpc) is 2.97. The van der Waals surface area contributed by atoms with E-state index >= 15 is 0 Å². The highest BCUT2D eigenvalue weighted by Gasteiger charge is 2.23. The molecule has 5 nitrogen and oxygen atoms in total. The van der Waals surface area contributed by atoms with E-state index in [0.717, 1.165) is 11.3 Å². The van der Waals surface area contributed by atoms with E-state index in [2.05, 4.69) is 5.10 Å². The van der Waals surface area contributed by atoms with Gasteiger partial charge in [-0.3, -0.25) is 4.68 Å². The number of thiophene rings is 1. The number of carboxylic acids is 1. The van der Waals surface area contributed by atoms with Crippen LogP contribution < -0.4 is 0 Å². The van der Waals surface area contributed by atoms with E-state index in [1.165, 1.54) is 0 Å². The summed E-state index contributed by atoms with van der Waals surface area (Å²) in [5, 5.41) is 17.0. The Morgan fingerprint density at radius 2 is 2.53 bits per heavy atom. The maximum absolute atomic E-state index is 10.8. The molecule has 0 spiro atoms. The van der Waals surface area contributed by atoms with E-state index in [9.17, 15) is 4.79 Å². The number of hydrogen-bond donors (Lipinski definition) is 1. The van der Waals surface area contributed by atoms with Gasteiger partial charge >= 0.3 is 5.97 Å². The van der Waals surface area contributed by atoms with Gasteiger partial charge in [-0.15, -0.1) is 0 Å². The predicted molar refractivity (Wildman–Crippen MR) is 61.0 cm³/mol. The Hall–Kier alpha value is -1.66. The second-order valence-corrected chi connectivity index (χ2v) is 4.64. The number of nitrogens with zero attached hydrogens (tertiary/aromatic N) is 2. The Kier molecular flexibility index (Phi) is 2.45. The monoisotopic (exact) mass is 250 g/mol. The zero-order valence-corrected chi connectivity index (χ0v) is 9.68. The molecule has 0 radical (unpaired) electrons. The first-order chi connectivity index (χ1) is 8.24. The van der Waals surface area contributed by atoms with Crippen molar-refractivity contribution in [3.63, 3.8) is 0 Å². The van der Waals surface area contributed by atoms with Crippen LogP contribution in [0.25, 0.3) is 0 Å². The molecule has 1 N–H and O–H groups in total. The van der Waals surface area contributed by atoms with Crippen LogP contribution in [-0.4, -0.2) is 20.9 Å². The van der Waals surface area contributed by atoms with Gasteiger partial charge in [0.25, 0.3) is 0 Å². The third kappa shape index (κ3) is 1.85. The van der Waals surface area contributed by atoms with Gasteiger partial charge in [0.15, 0.2) is 5.69 Å². The van der Waals surface area contributed by atoms with Gasteiger partial charge in [-0.25, -0.2) is 4.79 Å². The lowest BCUT2D eigenvalue weighted by Gasteiger charge is -2.23. The molecule has 1 unspecified atom stereocenters. The van der Waals surface area contributed by atoms with Gasteiger partial charge < -0.3 is 9.84 Å². The minimum atomic E-state index is -1.00. The second-order valence-electron chi connectivity index (χ2n) is 3.86. The van der Waals surface area contributed by atoms with Gasteiger partial charge in [0.05, 0.1) is 18.8 Å². The summed E-state index contributed by atoms with van der Waals surface area (Å²) in [5.74, 6) is -1.00. The topological polar surface area (TPSA) is 64.3 Å². The van der Waals surface area contributed by atoms with Crippen molar-refractivity contribution >= 4 is 17.3 Å². The Morgan fingerprint density at radius 1 is 1.65 bits per heavy atom. The maximum atomic E-state index is 10.8. The molecule has 0 aromatic carbocycles. The first kappa shape index (κ1) is 10.5. The lowest BCUT2D eigenvalue weighted by Crippen LogP contribution is -2.21. The predicted octanol–water partition coefficient (Wildman–Crippen LogP) is 1.91. The van der Waals surface area contributed by atoms with Gasteiger partial charge in [-0.2, -0.15) is 16.4 Å². The molecule has 1 aliphatic rings. The number of carbonyl (C=O) groups is 1. The number of fused-ring (bicyclic) bond motifs is 1. The molecule has 88 valence electrons. The smallest absolute Gasteiger partial charge is 0.356 e. The molecule has 0 saturated heterocycles. The highest BCUT2D eigenvalue weighted by molar-refractivity contribution is 7.07. The number of rotatable bonds is 2. The lowest BCUT2D eigenvalue weighted by molar-refractivity contribution is -0.000980. The molecule has 2 aromatic rings. The molecule has 3 rings (SSSR count). The summed E-state index contributed by atoms with van der Waals surface area (Å²) in [6, 6.07) is 3.58. The molecule has 2 aromatic heterocycles. The first-order valence-corrected chi connectivity index (χ1v) is 6.12. The van der Waals surface area contributed by atoms with Crippen molar-refractivity contribution in [2.75, 3.05) is 0 Å². The fourth-order valence-electron chi connectivity index (χ4n) is 1.89. The van der Waals surface area contributed by atoms with Crippen molar-refractivity contribution < 1.29 is 14.6 Å². The standard InChI is InChI=1S/C11H10N2O3S/c14-11(15)9-3-8-5-16-10(4-13(8)12-9)7-1-2-17-6-7/h1-3,6,10H,4-5H2,(H,14,15). The minimum absolute atomic E-state index is 0.0321. The lowest BCUT2D eigenvalue weighted by atomic mass is 10.2. The Balaban J connectivity index is 1.88. The van der Waals surface area contributed by atoms with Crippen LogP contribution in [0.15, 0.2) is 22.9 Å². The Bertz CT molecular complexity index is 547. The zero-order chi connectivity index (χ0) is 11.8. The van der Waals surface area contributed by atoms with Crippen LogP contribution >= 0.6 is 11.3 Å². The highest BCUT2D eigenvalue weighted by atomic mass is 32.1. The van der Waals surface area contributed by atoms with Gasteiger partial charge in [-0.1, -0.05) is 0 Å². The summed E-state index contributed by atoms with van der Waals surface area (Å²) < 4.78 is 7.41. The van der Waals surface area contributed by atoms with E-state index in [-0.39, 0.29) is 11.8 Å². The summed E-state index contributed by atoms with van der Waals surface area (Å²) in [7, 11) is 0. The van der Waals surface area contributed by atoms with Crippen molar-refractivity contribution in [1.29, 1.82) is 0 Å². The van der Waals surface area contributed by atoms with Crippen molar-refractivity contribution in [3.8, 4) is 0 Å². The molecule has 3 heterocycles. The van der Waals surface area contributed by atoms with Crippen LogP contribution in [0.5, 0.6) is 0 Å². The summed E-state index contributed by atoms with van der Waals surface area (Å²) in [6.45, 7) is 0.972. The summed E-state index contributed by atoms with van der Waals surface area (Å²) in [4.78, 5) is 10.8.